The van der Waals surface area contributed by atoms with Gasteiger partial charge in [0.15, 0.2) is 11.5 Å². The van der Waals surface area contributed by atoms with Gasteiger partial charge in [-0.1, -0.05) is 25.5 Å². The van der Waals surface area contributed by atoms with Crippen molar-refractivity contribution in [3.63, 3.8) is 0 Å². The fourth-order valence-corrected chi connectivity index (χ4v) is 2.48. The molecular weight excluding hydrogens is 318 g/mol. The minimum Gasteiger partial charge on any atom is -0.493 e. The van der Waals surface area contributed by atoms with Gasteiger partial charge in [0, 0.05) is 5.56 Å². The van der Waals surface area contributed by atoms with E-state index in [2.05, 4.69) is 17.3 Å². The summed E-state index contributed by atoms with van der Waals surface area (Å²) in [6.45, 7) is 2.73. The van der Waals surface area contributed by atoms with Crippen molar-refractivity contribution in [2.75, 3.05) is 19.1 Å². The highest BCUT2D eigenvalue weighted by atomic mass is 16.5. The van der Waals surface area contributed by atoms with Crippen LogP contribution in [-0.2, 0) is 0 Å². The number of ether oxygens (including phenoxy) is 2. The average Bonchev–Trinajstić information content (AvgIpc) is 3.05. The molecular formula is C19H21N3O3. The number of aromatic nitrogens is 2. The molecule has 130 valence electrons. The Morgan fingerprint density at radius 1 is 1.20 bits per heavy atom. The Bertz CT molecular complexity index is 873. The number of rotatable bonds is 7. The molecule has 25 heavy (non-hydrogen) atoms. The second-order valence-corrected chi connectivity index (χ2v) is 5.61. The minimum atomic E-state index is -0.249. The number of para-hydroxylation sites is 2. The quantitative estimate of drug-likeness (QED) is 0.668. The molecule has 0 aliphatic heterocycles. The topological polar surface area (TPSA) is 65.4 Å². The molecule has 0 aliphatic rings. The lowest BCUT2D eigenvalue weighted by Crippen LogP contribution is -2.22. The number of amides is 1. The first-order valence-corrected chi connectivity index (χ1v) is 8.27. The van der Waals surface area contributed by atoms with Crippen molar-refractivity contribution in [3.05, 3.63) is 54.4 Å². The molecule has 3 aromatic rings. The molecule has 0 fully saturated rings. The van der Waals surface area contributed by atoms with E-state index < -0.39 is 0 Å². The largest absolute Gasteiger partial charge is 0.493 e. The third kappa shape index (κ3) is 3.74. The molecule has 0 radical (unpaired) electrons. The monoisotopic (exact) mass is 339 g/mol. The van der Waals surface area contributed by atoms with Crippen LogP contribution >= 0.6 is 0 Å². The van der Waals surface area contributed by atoms with Gasteiger partial charge in [-0.2, -0.15) is 0 Å². The molecule has 1 amide bonds. The molecule has 0 bridgehead atoms. The fourth-order valence-electron chi connectivity index (χ4n) is 2.48. The molecule has 0 spiro atoms. The van der Waals surface area contributed by atoms with Crippen LogP contribution < -0.4 is 14.9 Å². The van der Waals surface area contributed by atoms with Gasteiger partial charge in [0.2, 0.25) is 0 Å². The molecule has 1 heterocycles. The number of hydrogen-bond donors (Lipinski definition) is 1. The van der Waals surface area contributed by atoms with Crippen molar-refractivity contribution >= 4 is 16.9 Å². The van der Waals surface area contributed by atoms with Crippen LogP contribution in [0.3, 0.4) is 0 Å². The van der Waals surface area contributed by atoms with Gasteiger partial charge in [-0.3, -0.25) is 10.2 Å². The summed E-state index contributed by atoms with van der Waals surface area (Å²) in [6, 6.07) is 12.8. The number of imidazole rings is 1. The van der Waals surface area contributed by atoms with E-state index in [0.29, 0.717) is 23.7 Å². The van der Waals surface area contributed by atoms with Gasteiger partial charge >= 0.3 is 0 Å². The predicted molar refractivity (Wildman–Crippen MR) is 96.8 cm³/mol. The Hall–Kier alpha value is -3.02. The van der Waals surface area contributed by atoms with Crippen molar-refractivity contribution in [2.24, 2.45) is 0 Å². The number of fused-ring (bicyclic) bond motifs is 1. The fraction of sp³-hybridized carbons (Fsp3) is 0.263. The van der Waals surface area contributed by atoms with Crippen LogP contribution in [-0.4, -0.2) is 29.3 Å². The molecule has 0 unspecified atom stereocenters. The zero-order valence-corrected chi connectivity index (χ0v) is 14.4. The van der Waals surface area contributed by atoms with E-state index in [1.807, 2.05) is 24.3 Å². The van der Waals surface area contributed by atoms with Crippen LogP contribution in [0.4, 0.5) is 0 Å². The van der Waals surface area contributed by atoms with Crippen LogP contribution in [0.2, 0.25) is 0 Å². The summed E-state index contributed by atoms with van der Waals surface area (Å²) in [6.07, 6.45) is 3.61. The normalized spacial score (nSPS) is 10.6. The Balaban J connectivity index is 1.77. The van der Waals surface area contributed by atoms with Gasteiger partial charge in [0.1, 0.15) is 6.33 Å². The Labute approximate surface area is 146 Å². The summed E-state index contributed by atoms with van der Waals surface area (Å²) in [7, 11) is 1.56. The molecule has 0 aliphatic carbocycles. The van der Waals surface area contributed by atoms with Gasteiger partial charge in [0.25, 0.3) is 5.91 Å². The smallest absolute Gasteiger partial charge is 0.270 e. The third-order valence-corrected chi connectivity index (χ3v) is 3.86. The predicted octanol–water partition coefficient (Wildman–Crippen LogP) is 3.61. The van der Waals surface area contributed by atoms with Crippen molar-refractivity contribution in [3.8, 4) is 11.5 Å². The van der Waals surface area contributed by atoms with E-state index in [4.69, 9.17) is 9.47 Å². The van der Waals surface area contributed by atoms with Gasteiger partial charge in [-0.05, 0) is 36.8 Å². The number of benzene rings is 2. The lowest BCUT2D eigenvalue weighted by molar-refractivity contribution is 0.101. The van der Waals surface area contributed by atoms with E-state index in [1.54, 1.807) is 36.3 Å². The van der Waals surface area contributed by atoms with Gasteiger partial charge in [-0.15, -0.1) is 0 Å². The van der Waals surface area contributed by atoms with Gasteiger partial charge in [0.05, 0.1) is 24.8 Å². The molecule has 1 N–H and O–H groups in total. The molecule has 6 nitrogen and oxygen atoms in total. The van der Waals surface area contributed by atoms with Crippen LogP contribution in [0.1, 0.15) is 30.1 Å². The lowest BCUT2D eigenvalue weighted by Gasteiger charge is -2.12. The maximum absolute atomic E-state index is 12.5. The third-order valence-electron chi connectivity index (χ3n) is 3.86. The standard InChI is InChI=1S/C19H21N3O3/c1-3-4-11-25-17-10-9-14(12-18(17)24-2)19(23)21-22-13-20-15-7-5-6-8-16(15)22/h5-10,12-13H,3-4,11H2,1-2H3,(H,21,23). The maximum atomic E-state index is 12.5. The highest BCUT2D eigenvalue weighted by molar-refractivity contribution is 6.01. The SMILES string of the molecule is CCCCOc1ccc(C(=O)Nn2cnc3ccccc32)cc1OC. The van der Waals surface area contributed by atoms with Crippen molar-refractivity contribution in [2.45, 2.75) is 19.8 Å². The van der Waals surface area contributed by atoms with Crippen molar-refractivity contribution < 1.29 is 14.3 Å². The van der Waals surface area contributed by atoms with E-state index in [0.717, 1.165) is 23.9 Å². The lowest BCUT2D eigenvalue weighted by atomic mass is 10.2. The Morgan fingerprint density at radius 2 is 2.04 bits per heavy atom. The second kappa shape index (κ2) is 7.70. The van der Waals surface area contributed by atoms with E-state index in [-0.39, 0.29) is 5.91 Å². The maximum Gasteiger partial charge on any atom is 0.270 e. The zero-order valence-electron chi connectivity index (χ0n) is 14.4. The molecule has 0 saturated heterocycles. The van der Waals surface area contributed by atoms with Gasteiger partial charge < -0.3 is 9.47 Å². The van der Waals surface area contributed by atoms with Crippen molar-refractivity contribution in [1.82, 2.24) is 9.66 Å². The number of nitrogens with zero attached hydrogens (tertiary/aromatic N) is 2. The van der Waals surface area contributed by atoms with Crippen LogP contribution in [0, 0.1) is 0 Å². The summed E-state index contributed by atoms with van der Waals surface area (Å²) in [5.74, 6) is 0.932. The number of carbonyl (C=O) groups excluding carboxylic acids is 1. The first-order chi connectivity index (χ1) is 12.2. The average molecular weight is 339 g/mol. The van der Waals surface area contributed by atoms with E-state index in [9.17, 15) is 4.79 Å². The Kier molecular flexibility index (Phi) is 5.18. The summed E-state index contributed by atoms with van der Waals surface area (Å²) in [5, 5.41) is 0. The number of nitrogens with one attached hydrogen (secondary N) is 1. The molecule has 2 aromatic carbocycles. The number of methoxy groups -OCH3 is 1. The van der Waals surface area contributed by atoms with Gasteiger partial charge in [-0.25, -0.2) is 9.66 Å². The first kappa shape index (κ1) is 16.8. The van der Waals surface area contributed by atoms with E-state index >= 15 is 0 Å². The number of unbranched alkanes of at least 4 members (excludes halogenated alkanes) is 1. The van der Waals surface area contributed by atoms with Crippen LogP contribution in [0.15, 0.2) is 48.8 Å². The van der Waals surface area contributed by atoms with Crippen LogP contribution in [0.25, 0.3) is 11.0 Å². The first-order valence-electron chi connectivity index (χ1n) is 8.27. The number of carbonyl (C=O) groups is 1. The summed E-state index contributed by atoms with van der Waals surface area (Å²) in [4.78, 5) is 16.8. The van der Waals surface area contributed by atoms with Crippen molar-refractivity contribution in [1.29, 1.82) is 0 Å². The zero-order chi connectivity index (χ0) is 17.6. The second-order valence-electron chi connectivity index (χ2n) is 5.61. The summed E-state index contributed by atoms with van der Waals surface area (Å²) >= 11 is 0. The highest BCUT2D eigenvalue weighted by Gasteiger charge is 2.12. The summed E-state index contributed by atoms with van der Waals surface area (Å²) in [5.41, 5.74) is 4.96. The Morgan fingerprint density at radius 3 is 2.84 bits per heavy atom. The number of hydrogen-bond acceptors (Lipinski definition) is 4. The molecule has 1 aromatic heterocycles. The molecule has 6 heteroatoms. The minimum absolute atomic E-state index is 0.249. The molecule has 0 saturated carbocycles. The molecule has 0 atom stereocenters. The summed E-state index contributed by atoms with van der Waals surface area (Å²) < 4.78 is 12.6. The van der Waals surface area contributed by atoms with Crippen LogP contribution in [0.5, 0.6) is 11.5 Å². The van der Waals surface area contributed by atoms with E-state index in [1.165, 1.54) is 0 Å². The highest BCUT2D eigenvalue weighted by Crippen LogP contribution is 2.28. The molecule has 3 rings (SSSR count).